The lowest BCUT2D eigenvalue weighted by Gasteiger charge is -2.39. The summed E-state index contributed by atoms with van der Waals surface area (Å²) in [6.45, 7) is 5.00. The van der Waals surface area contributed by atoms with E-state index in [1.807, 2.05) is 30.3 Å². The highest BCUT2D eigenvalue weighted by Gasteiger charge is 2.52. The van der Waals surface area contributed by atoms with Gasteiger partial charge in [0.05, 0.1) is 12.6 Å². The Bertz CT molecular complexity index is 907. The van der Waals surface area contributed by atoms with Gasteiger partial charge in [0.2, 0.25) is 0 Å². The molecule has 3 rings (SSSR count). The molecule has 2 bridgehead atoms. The Morgan fingerprint density at radius 1 is 0.971 bits per heavy atom. The van der Waals surface area contributed by atoms with Crippen LogP contribution in [0.5, 0.6) is 0 Å². The third-order valence-corrected chi connectivity index (χ3v) is 5.58. The maximum Gasteiger partial charge on any atom is 0.303 e. The standard InChI is InChI=1S/C24H31NO10/c1-14(26)30-13-21(32-15(2)27)23(34-17(4)29)24-22(33-16(3)28)20-10-19(12-31-24)35-25(20)11-18-8-6-5-7-9-18/h5-9,19-24H,10-13H2,1-4H3/t19-,20+,21-,22+,23+,24-/m1/s1. The molecule has 192 valence electrons. The minimum Gasteiger partial charge on any atom is -0.462 e. The van der Waals surface area contributed by atoms with E-state index in [0.29, 0.717) is 13.0 Å². The number of hydroxylamine groups is 2. The molecule has 0 amide bonds. The molecule has 2 fully saturated rings. The molecule has 1 aromatic rings. The number of rotatable bonds is 9. The van der Waals surface area contributed by atoms with E-state index in [2.05, 4.69) is 0 Å². The molecule has 2 aliphatic heterocycles. The Morgan fingerprint density at radius 2 is 1.66 bits per heavy atom. The second kappa shape index (κ2) is 12.1. The monoisotopic (exact) mass is 493 g/mol. The average Bonchev–Trinajstić information content (AvgIpc) is 3.08. The molecule has 0 aliphatic carbocycles. The van der Waals surface area contributed by atoms with Crippen LogP contribution in [0.15, 0.2) is 30.3 Å². The number of esters is 4. The van der Waals surface area contributed by atoms with E-state index in [1.54, 1.807) is 5.06 Å². The highest BCUT2D eigenvalue weighted by molar-refractivity contribution is 5.68. The summed E-state index contributed by atoms with van der Waals surface area (Å²) < 4.78 is 27.7. The predicted octanol–water partition coefficient (Wildman–Crippen LogP) is 1.32. The molecule has 2 heterocycles. The summed E-state index contributed by atoms with van der Waals surface area (Å²) in [6.07, 6.45) is -4.22. The Balaban J connectivity index is 1.95. The largest absolute Gasteiger partial charge is 0.462 e. The molecule has 0 saturated carbocycles. The van der Waals surface area contributed by atoms with Crippen LogP contribution in [0.2, 0.25) is 0 Å². The van der Waals surface area contributed by atoms with Gasteiger partial charge in [-0.3, -0.25) is 24.0 Å². The fraction of sp³-hybridized carbons (Fsp3) is 0.583. The van der Waals surface area contributed by atoms with Gasteiger partial charge in [-0.05, 0) is 12.0 Å². The second-order valence-corrected chi connectivity index (χ2v) is 8.49. The number of nitrogens with zero attached hydrogens (tertiary/aromatic N) is 1. The van der Waals surface area contributed by atoms with Crippen molar-refractivity contribution in [1.82, 2.24) is 5.06 Å². The van der Waals surface area contributed by atoms with Gasteiger partial charge in [-0.2, -0.15) is 5.06 Å². The molecule has 2 aliphatic rings. The molecule has 11 heteroatoms. The third-order valence-electron chi connectivity index (χ3n) is 5.58. The topological polar surface area (TPSA) is 127 Å². The molecular weight excluding hydrogens is 462 g/mol. The van der Waals surface area contributed by atoms with Crippen LogP contribution >= 0.6 is 0 Å². The molecule has 2 saturated heterocycles. The average molecular weight is 494 g/mol. The number of hydrogen-bond acceptors (Lipinski definition) is 11. The summed E-state index contributed by atoms with van der Waals surface area (Å²) in [4.78, 5) is 53.5. The lowest BCUT2D eigenvalue weighted by atomic mass is 9.95. The molecule has 0 N–H and O–H groups in total. The van der Waals surface area contributed by atoms with Crippen molar-refractivity contribution in [2.24, 2.45) is 0 Å². The SMILES string of the molecule is CC(=O)OC[C@@H](OC(C)=O)[C@H](OC(C)=O)[C@@H]1OC[C@H]2C[C@@H]([C@@H]1OC(C)=O)N(Cc1ccccc1)O2. The van der Waals surface area contributed by atoms with Gasteiger partial charge in [0.15, 0.2) is 12.2 Å². The highest BCUT2D eigenvalue weighted by Crippen LogP contribution is 2.35. The number of fused-ring (bicyclic) bond motifs is 2. The van der Waals surface area contributed by atoms with Crippen LogP contribution in [0.3, 0.4) is 0 Å². The van der Waals surface area contributed by atoms with Crippen molar-refractivity contribution in [3.8, 4) is 0 Å². The van der Waals surface area contributed by atoms with Crippen molar-refractivity contribution in [2.75, 3.05) is 13.2 Å². The van der Waals surface area contributed by atoms with Crippen LogP contribution in [-0.2, 0) is 54.2 Å². The zero-order chi connectivity index (χ0) is 25.5. The lowest BCUT2D eigenvalue weighted by Crippen LogP contribution is -2.57. The zero-order valence-electron chi connectivity index (χ0n) is 20.2. The first kappa shape index (κ1) is 26.6. The first-order valence-electron chi connectivity index (χ1n) is 11.4. The summed E-state index contributed by atoms with van der Waals surface area (Å²) >= 11 is 0. The summed E-state index contributed by atoms with van der Waals surface area (Å²) in [5.74, 6) is -2.53. The molecule has 6 atom stereocenters. The molecule has 0 radical (unpaired) electrons. The van der Waals surface area contributed by atoms with Crippen molar-refractivity contribution in [2.45, 2.75) is 77.2 Å². The number of carbonyl (C=O) groups excluding carboxylic acids is 4. The maximum absolute atomic E-state index is 12.1. The quantitative estimate of drug-likeness (QED) is 0.365. The van der Waals surface area contributed by atoms with E-state index in [0.717, 1.165) is 5.56 Å². The Labute approximate surface area is 203 Å². The summed E-state index contributed by atoms with van der Waals surface area (Å²) in [6, 6.07) is 9.19. The van der Waals surface area contributed by atoms with Crippen molar-refractivity contribution in [1.29, 1.82) is 0 Å². The predicted molar refractivity (Wildman–Crippen MR) is 118 cm³/mol. The smallest absolute Gasteiger partial charge is 0.303 e. The van der Waals surface area contributed by atoms with E-state index < -0.39 is 54.3 Å². The highest BCUT2D eigenvalue weighted by atomic mass is 16.7. The molecule has 1 aromatic carbocycles. The number of carbonyl (C=O) groups is 4. The van der Waals surface area contributed by atoms with E-state index in [9.17, 15) is 19.2 Å². The summed E-state index contributed by atoms with van der Waals surface area (Å²) in [5, 5.41) is 1.74. The zero-order valence-corrected chi connectivity index (χ0v) is 20.2. The van der Waals surface area contributed by atoms with Gasteiger partial charge in [-0.15, -0.1) is 0 Å². The van der Waals surface area contributed by atoms with Gasteiger partial charge in [0.1, 0.15) is 24.9 Å². The van der Waals surface area contributed by atoms with Crippen LogP contribution in [0, 0.1) is 0 Å². The number of benzene rings is 1. The van der Waals surface area contributed by atoms with Crippen molar-refractivity contribution < 1.29 is 47.7 Å². The van der Waals surface area contributed by atoms with Crippen molar-refractivity contribution in [3.63, 3.8) is 0 Å². The minimum absolute atomic E-state index is 0.113. The molecule has 35 heavy (non-hydrogen) atoms. The van der Waals surface area contributed by atoms with Crippen molar-refractivity contribution >= 4 is 23.9 Å². The van der Waals surface area contributed by atoms with Gasteiger partial charge in [-0.25, -0.2) is 0 Å². The van der Waals surface area contributed by atoms with Gasteiger partial charge < -0.3 is 23.7 Å². The molecule has 0 spiro atoms. The number of hydrogen-bond donors (Lipinski definition) is 0. The van der Waals surface area contributed by atoms with Crippen molar-refractivity contribution in [3.05, 3.63) is 35.9 Å². The third kappa shape index (κ3) is 7.48. The Kier molecular flexibility index (Phi) is 9.19. The number of ether oxygens (including phenoxy) is 5. The Hall–Kier alpha value is -3.02. The van der Waals surface area contributed by atoms with Gasteiger partial charge in [0.25, 0.3) is 0 Å². The first-order valence-corrected chi connectivity index (χ1v) is 11.4. The summed E-state index contributed by atoms with van der Waals surface area (Å²) in [7, 11) is 0. The van der Waals surface area contributed by atoms with Gasteiger partial charge >= 0.3 is 23.9 Å². The lowest BCUT2D eigenvalue weighted by molar-refractivity contribution is -0.250. The van der Waals surface area contributed by atoms with Crippen LogP contribution in [0.25, 0.3) is 0 Å². The van der Waals surface area contributed by atoms with E-state index in [1.165, 1.54) is 27.7 Å². The molecule has 11 nitrogen and oxygen atoms in total. The molecule has 0 aromatic heterocycles. The van der Waals surface area contributed by atoms with Crippen LogP contribution < -0.4 is 0 Å². The molecule has 0 unspecified atom stereocenters. The maximum atomic E-state index is 12.1. The first-order chi connectivity index (χ1) is 16.6. The fourth-order valence-electron chi connectivity index (χ4n) is 4.32. The normalized spacial score (nSPS) is 25.6. The van der Waals surface area contributed by atoms with E-state index >= 15 is 0 Å². The fourth-order valence-corrected chi connectivity index (χ4v) is 4.32. The minimum atomic E-state index is -1.22. The van der Waals surface area contributed by atoms with Crippen LogP contribution in [-0.4, -0.2) is 78.7 Å². The summed E-state index contributed by atoms with van der Waals surface area (Å²) in [5.41, 5.74) is 0.988. The van der Waals surface area contributed by atoms with Crippen LogP contribution in [0.1, 0.15) is 39.7 Å². The second-order valence-electron chi connectivity index (χ2n) is 8.49. The van der Waals surface area contributed by atoms with Gasteiger partial charge in [-0.1, -0.05) is 30.3 Å². The van der Waals surface area contributed by atoms with Crippen LogP contribution in [0.4, 0.5) is 0 Å². The van der Waals surface area contributed by atoms with E-state index in [-0.39, 0.29) is 19.3 Å². The Morgan fingerprint density at radius 3 is 2.26 bits per heavy atom. The van der Waals surface area contributed by atoms with Gasteiger partial charge in [0, 0.05) is 34.2 Å². The van der Waals surface area contributed by atoms with E-state index in [4.69, 9.17) is 28.5 Å². The molecular formula is C24H31NO10.